The smallest absolute Gasteiger partial charge is 0.211 e. The number of rotatable bonds is 6. The van der Waals surface area contributed by atoms with Crippen LogP contribution in [0.4, 0.5) is 4.39 Å². The normalized spacial score (nSPS) is 21.1. The predicted octanol–water partition coefficient (Wildman–Crippen LogP) is 1.69. The summed E-state index contributed by atoms with van der Waals surface area (Å²) in [6.07, 6.45) is 5.06. The van der Waals surface area contributed by atoms with Crippen molar-refractivity contribution in [3.05, 3.63) is 35.6 Å². The zero-order chi connectivity index (χ0) is 19.5. The molecule has 1 heterocycles. The Balaban J connectivity index is 1.46. The Morgan fingerprint density at radius 2 is 2.00 bits per heavy atom. The molecule has 1 saturated carbocycles. The van der Waals surface area contributed by atoms with Crippen LogP contribution in [0.25, 0.3) is 0 Å². The highest BCUT2D eigenvalue weighted by molar-refractivity contribution is 7.88. The number of guanidine groups is 1. The molecule has 0 radical (unpaired) electrons. The summed E-state index contributed by atoms with van der Waals surface area (Å²) in [7, 11) is -1.34. The summed E-state index contributed by atoms with van der Waals surface area (Å²) in [5.41, 5.74) is 1.04. The van der Waals surface area contributed by atoms with Gasteiger partial charge in [-0.3, -0.25) is 4.99 Å². The van der Waals surface area contributed by atoms with E-state index in [0.717, 1.165) is 50.3 Å². The van der Waals surface area contributed by atoms with E-state index in [1.165, 1.54) is 12.3 Å². The highest BCUT2D eigenvalue weighted by Crippen LogP contribution is 2.47. The number of piperidine rings is 1. The second-order valence-corrected chi connectivity index (χ2v) is 9.69. The molecule has 150 valence electrons. The fraction of sp³-hybridized carbons (Fsp3) is 0.632. The fourth-order valence-electron chi connectivity index (χ4n) is 3.70. The van der Waals surface area contributed by atoms with Crippen molar-refractivity contribution in [2.45, 2.75) is 31.1 Å². The first-order chi connectivity index (χ1) is 12.8. The van der Waals surface area contributed by atoms with E-state index in [0.29, 0.717) is 19.0 Å². The number of nitrogens with one attached hydrogen (secondary N) is 2. The minimum absolute atomic E-state index is 0.000541. The number of halogens is 1. The Kier molecular flexibility index (Phi) is 6.05. The van der Waals surface area contributed by atoms with Crippen LogP contribution in [0, 0.1) is 11.7 Å². The number of hydrogen-bond acceptors (Lipinski definition) is 3. The lowest BCUT2D eigenvalue weighted by Gasteiger charge is -2.30. The van der Waals surface area contributed by atoms with Gasteiger partial charge in [0.2, 0.25) is 10.0 Å². The van der Waals surface area contributed by atoms with Gasteiger partial charge in [-0.1, -0.05) is 12.1 Å². The SMILES string of the molecule is CN=C(NCC1CCN(S(C)(=O)=O)CC1)NCC1(c2cccc(F)c2)CC1. The first-order valence-corrected chi connectivity index (χ1v) is 11.3. The van der Waals surface area contributed by atoms with Crippen molar-refractivity contribution in [2.24, 2.45) is 10.9 Å². The zero-order valence-electron chi connectivity index (χ0n) is 16.0. The van der Waals surface area contributed by atoms with E-state index < -0.39 is 10.0 Å². The Hall–Kier alpha value is -1.67. The van der Waals surface area contributed by atoms with Crippen molar-refractivity contribution in [1.82, 2.24) is 14.9 Å². The average molecular weight is 397 g/mol. The number of sulfonamides is 1. The van der Waals surface area contributed by atoms with Crippen LogP contribution in [0.15, 0.2) is 29.3 Å². The van der Waals surface area contributed by atoms with Gasteiger partial charge in [0.1, 0.15) is 5.82 Å². The van der Waals surface area contributed by atoms with Crippen LogP contribution in [0.5, 0.6) is 0 Å². The van der Waals surface area contributed by atoms with Crippen molar-refractivity contribution in [2.75, 3.05) is 39.5 Å². The summed E-state index contributed by atoms with van der Waals surface area (Å²) in [6, 6.07) is 6.85. The summed E-state index contributed by atoms with van der Waals surface area (Å²) in [4.78, 5) is 4.28. The molecule has 8 heteroatoms. The molecule has 2 fully saturated rings. The number of nitrogens with zero attached hydrogens (tertiary/aromatic N) is 2. The summed E-state index contributed by atoms with van der Waals surface area (Å²) < 4.78 is 38.2. The van der Waals surface area contributed by atoms with Crippen LogP contribution in [0.3, 0.4) is 0 Å². The molecule has 1 saturated heterocycles. The maximum Gasteiger partial charge on any atom is 0.211 e. The Morgan fingerprint density at radius 3 is 2.56 bits per heavy atom. The summed E-state index contributed by atoms with van der Waals surface area (Å²) in [5, 5.41) is 6.73. The van der Waals surface area contributed by atoms with Gasteiger partial charge in [0.25, 0.3) is 0 Å². The lowest BCUT2D eigenvalue weighted by atomic mass is 9.96. The predicted molar refractivity (Wildman–Crippen MR) is 106 cm³/mol. The maximum absolute atomic E-state index is 13.5. The third-order valence-corrected chi connectivity index (χ3v) is 7.01. The average Bonchev–Trinajstić information content (AvgIpc) is 3.43. The molecule has 0 spiro atoms. The van der Waals surface area contributed by atoms with Crippen LogP contribution in [0.2, 0.25) is 0 Å². The molecule has 1 aromatic carbocycles. The lowest BCUT2D eigenvalue weighted by Crippen LogP contribution is -2.45. The fourth-order valence-corrected chi connectivity index (χ4v) is 4.57. The summed E-state index contributed by atoms with van der Waals surface area (Å²) in [5.74, 6) is 0.976. The minimum atomic E-state index is -3.08. The molecule has 6 nitrogen and oxygen atoms in total. The van der Waals surface area contributed by atoms with Crippen LogP contribution in [-0.4, -0.2) is 58.2 Å². The van der Waals surface area contributed by atoms with Crippen LogP contribution >= 0.6 is 0 Å². The van der Waals surface area contributed by atoms with Crippen molar-refractivity contribution in [1.29, 1.82) is 0 Å². The zero-order valence-corrected chi connectivity index (χ0v) is 16.9. The summed E-state index contributed by atoms with van der Waals surface area (Å²) >= 11 is 0. The standard InChI is InChI=1S/C19H29FN4O2S/c1-21-18(22-13-15-6-10-24(11-7-15)27(2,25)26)23-14-19(8-9-19)16-4-3-5-17(20)12-16/h3-5,12,15H,6-11,13-14H2,1-2H3,(H2,21,22,23). The van der Waals surface area contributed by atoms with Gasteiger partial charge >= 0.3 is 0 Å². The van der Waals surface area contributed by atoms with E-state index in [-0.39, 0.29) is 11.2 Å². The van der Waals surface area contributed by atoms with E-state index in [2.05, 4.69) is 15.6 Å². The largest absolute Gasteiger partial charge is 0.356 e. The monoisotopic (exact) mass is 396 g/mol. The second kappa shape index (κ2) is 8.14. The second-order valence-electron chi connectivity index (χ2n) is 7.70. The molecular formula is C19H29FN4O2S. The molecule has 2 N–H and O–H groups in total. The third kappa shape index (κ3) is 5.19. The molecule has 0 atom stereocenters. The van der Waals surface area contributed by atoms with Crippen LogP contribution < -0.4 is 10.6 Å². The van der Waals surface area contributed by atoms with Gasteiger partial charge < -0.3 is 10.6 Å². The number of aliphatic imine (C=N–C) groups is 1. The van der Waals surface area contributed by atoms with Gasteiger partial charge in [0, 0.05) is 38.6 Å². The van der Waals surface area contributed by atoms with Crippen molar-refractivity contribution < 1.29 is 12.8 Å². The first-order valence-electron chi connectivity index (χ1n) is 9.48. The molecule has 0 bridgehead atoms. The van der Waals surface area contributed by atoms with Crippen molar-refractivity contribution >= 4 is 16.0 Å². The molecule has 1 aliphatic heterocycles. The molecule has 0 unspecified atom stereocenters. The Labute approximate surface area is 161 Å². The molecule has 0 aromatic heterocycles. The van der Waals surface area contributed by atoms with E-state index in [1.807, 2.05) is 6.07 Å². The van der Waals surface area contributed by atoms with Crippen LogP contribution in [-0.2, 0) is 15.4 Å². The third-order valence-electron chi connectivity index (χ3n) is 5.71. The number of hydrogen-bond donors (Lipinski definition) is 2. The van der Waals surface area contributed by atoms with E-state index in [9.17, 15) is 12.8 Å². The molecular weight excluding hydrogens is 367 g/mol. The maximum atomic E-state index is 13.5. The van der Waals surface area contributed by atoms with E-state index >= 15 is 0 Å². The topological polar surface area (TPSA) is 73.8 Å². The van der Waals surface area contributed by atoms with Gasteiger partial charge in [-0.15, -0.1) is 0 Å². The van der Waals surface area contributed by atoms with Gasteiger partial charge in [-0.25, -0.2) is 17.1 Å². The van der Waals surface area contributed by atoms with Gasteiger partial charge in [-0.05, 0) is 49.3 Å². The van der Waals surface area contributed by atoms with Gasteiger partial charge in [-0.2, -0.15) is 0 Å². The van der Waals surface area contributed by atoms with Gasteiger partial charge in [0.05, 0.1) is 6.26 Å². The Bertz CT molecular complexity index is 785. The van der Waals surface area contributed by atoms with Crippen LogP contribution in [0.1, 0.15) is 31.2 Å². The summed E-state index contributed by atoms with van der Waals surface area (Å²) in [6.45, 7) is 2.66. The Morgan fingerprint density at radius 1 is 1.30 bits per heavy atom. The lowest BCUT2D eigenvalue weighted by molar-refractivity contribution is 0.275. The van der Waals surface area contributed by atoms with E-state index in [1.54, 1.807) is 23.5 Å². The molecule has 2 aliphatic rings. The van der Waals surface area contributed by atoms with Crippen molar-refractivity contribution in [3.8, 4) is 0 Å². The first kappa shape index (κ1) is 20.1. The molecule has 0 amide bonds. The minimum Gasteiger partial charge on any atom is -0.356 e. The number of benzene rings is 1. The molecule has 1 aromatic rings. The van der Waals surface area contributed by atoms with Crippen molar-refractivity contribution in [3.63, 3.8) is 0 Å². The molecule has 27 heavy (non-hydrogen) atoms. The van der Waals surface area contributed by atoms with Gasteiger partial charge in [0.15, 0.2) is 5.96 Å². The molecule has 3 rings (SSSR count). The highest BCUT2D eigenvalue weighted by atomic mass is 32.2. The quantitative estimate of drug-likeness (QED) is 0.567. The molecule has 1 aliphatic carbocycles. The highest BCUT2D eigenvalue weighted by Gasteiger charge is 2.44. The van der Waals surface area contributed by atoms with E-state index in [4.69, 9.17) is 0 Å².